The lowest BCUT2D eigenvalue weighted by Gasteiger charge is -2.17. The smallest absolute Gasteiger partial charge is 0.209 e. The number of hydrogen-bond acceptors (Lipinski definition) is 2. The molecule has 0 aliphatic rings. The van der Waals surface area contributed by atoms with Gasteiger partial charge in [-0.2, -0.15) is 4.31 Å². The molecule has 0 spiro atoms. The normalized spacial score (nSPS) is 12.4. The van der Waals surface area contributed by atoms with E-state index in [-0.39, 0.29) is 9.37 Å². The van der Waals surface area contributed by atoms with Crippen LogP contribution >= 0.6 is 15.9 Å². The van der Waals surface area contributed by atoms with Crippen molar-refractivity contribution in [3.63, 3.8) is 0 Å². The van der Waals surface area contributed by atoms with Gasteiger partial charge in [0.2, 0.25) is 10.0 Å². The van der Waals surface area contributed by atoms with Crippen molar-refractivity contribution >= 4 is 26.0 Å². The van der Waals surface area contributed by atoms with Gasteiger partial charge in [0, 0.05) is 11.5 Å². The van der Waals surface area contributed by atoms with Gasteiger partial charge in [-0.05, 0) is 34.1 Å². The van der Waals surface area contributed by atoms with Crippen molar-refractivity contribution in [1.82, 2.24) is 4.31 Å². The van der Waals surface area contributed by atoms with E-state index in [9.17, 15) is 21.6 Å². The molecule has 0 amide bonds. The summed E-state index contributed by atoms with van der Waals surface area (Å²) in [4.78, 5) is -0.248. The number of hydrogen-bond donors (Lipinski definition) is 0. The molecule has 0 fully saturated rings. The molecule has 0 saturated carbocycles. The fourth-order valence-electron chi connectivity index (χ4n) is 1.14. The van der Waals surface area contributed by atoms with Gasteiger partial charge >= 0.3 is 0 Å². The van der Waals surface area contributed by atoms with Crippen LogP contribution in [0.2, 0.25) is 0 Å². The zero-order chi connectivity index (χ0) is 13.2. The quantitative estimate of drug-likeness (QED) is 0.850. The second kappa shape index (κ2) is 5.36. The van der Waals surface area contributed by atoms with Gasteiger partial charge in [-0.3, -0.25) is 0 Å². The van der Waals surface area contributed by atoms with Crippen LogP contribution in [-0.2, 0) is 10.0 Å². The molecule has 96 valence electrons. The summed E-state index contributed by atoms with van der Waals surface area (Å²) >= 11 is 2.88. The Balaban J connectivity index is 3.13. The van der Waals surface area contributed by atoms with Crippen LogP contribution < -0.4 is 0 Å². The van der Waals surface area contributed by atoms with Gasteiger partial charge in [0.05, 0.1) is 11.4 Å². The molecular weight excluding hydrogens is 323 g/mol. The largest absolute Gasteiger partial charge is 0.252 e. The lowest BCUT2D eigenvalue weighted by molar-refractivity contribution is 0.126. The first-order valence-electron chi connectivity index (χ1n) is 4.44. The van der Waals surface area contributed by atoms with E-state index in [0.29, 0.717) is 4.31 Å². The first-order valence-corrected chi connectivity index (χ1v) is 6.68. The van der Waals surface area contributed by atoms with Crippen molar-refractivity contribution in [1.29, 1.82) is 0 Å². The van der Waals surface area contributed by atoms with Crippen LogP contribution in [0.5, 0.6) is 0 Å². The molecule has 8 heteroatoms. The van der Waals surface area contributed by atoms with E-state index < -0.39 is 28.8 Å². The fraction of sp³-hybridized carbons (Fsp3) is 0.333. The lowest BCUT2D eigenvalue weighted by atomic mass is 10.3. The standard InChI is InChI=1S/C9H9BrF3NO2S/c1-14(5-9(12)13)17(15,16)8-3-2-6(11)4-7(8)10/h2-4,9H,5H2,1H3. The Morgan fingerprint density at radius 3 is 2.47 bits per heavy atom. The number of benzene rings is 1. The average Bonchev–Trinajstić information content (AvgIpc) is 2.15. The third-order valence-electron chi connectivity index (χ3n) is 1.98. The van der Waals surface area contributed by atoms with Gasteiger partial charge in [-0.15, -0.1) is 0 Å². The van der Waals surface area contributed by atoms with Crippen LogP contribution in [0.15, 0.2) is 27.6 Å². The van der Waals surface area contributed by atoms with Gasteiger partial charge in [0.15, 0.2) is 0 Å². The minimum Gasteiger partial charge on any atom is -0.209 e. The van der Waals surface area contributed by atoms with Crippen LogP contribution in [0.4, 0.5) is 13.2 Å². The Morgan fingerprint density at radius 2 is 2.00 bits per heavy atom. The summed E-state index contributed by atoms with van der Waals surface area (Å²) in [5.74, 6) is -0.618. The van der Waals surface area contributed by atoms with Crippen molar-refractivity contribution in [3.05, 3.63) is 28.5 Å². The minimum atomic E-state index is -4.04. The Hall–Kier alpha value is -0.600. The molecular formula is C9H9BrF3NO2S. The molecule has 17 heavy (non-hydrogen) atoms. The number of halogens is 4. The van der Waals surface area contributed by atoms with Crippen molar-refractivity contribution in [2.75, 3.05) is 13.6 Å². The molecule has 0 unspecified atom stereocenters. The number of alkyl halides is 2. The summed E-state index contributed by atoms with van der Waals surface area (Å²) in [6, 6.07) is 2.94. The SMILES string of the molecule is CN(CC(F)F)S(=O)(=O)c1ccc(F)cc1Br. The monoisotopic (exact) mass is 331 g/mol. The fourth-order valence-corrected chi connectivity index (χ4v) is 3.30. The van der Waals surface area contributed by atoms with Crippen LogP contribution in [0.25, 0.3) is 0 Å². The third-order valence-corrected chi connectivity index (χ3v) is 4.78. The van der Waals surface area contributed by atoms with E-state index in [0.717, 1.165) is 25.2 Å². The van der Waals surface area contributed by atoms with E-state index in [1.807, 2.05) is 0 Å². The van der Waals surface area contributed by atoms with Crippen LogP contribution in [0, 0.1) is 5.82 Å². The molecule has 0 atom stereocenters. The summed E-state index contributed by atoms with van der Waals surface area (Å²) in [6.45, 7) is -0.911. The molecule has 0 radical (unpaired) electrons. The summed E-state index contributed by atoms with van der Waals surface area (Å²) in [5.41, 5.74) is 0. The number of nitrogens with zero attached hydrogens (tertiary/aromatic N) is 1. The molecule has 1 aromatic rings. The summed E-state index contributed by atoms with van der Waals surface area (Å²) < 4.78 is 61.2. The molecule has 1 aromatic carbocycles. The Morgan fingerprint density at radius 1 is 1.41 bits per heavy atom. The second-order valence-corrected chi connectivity index (χ2v) is 6.12. The van der Waals surface area contributed by atoms with Crippen molar-refractivity contribution in [2.24, 2.45) is 0 Å². The topological polar surface area (TPSA) is 37.4 Å². The highest BCUT2D eigenvalue weighted by molar-refractivity contribution is 9.10. The highest BCUT2D eigenvalue weighted by Crippen LogP contribution is 2.25. The summed E-state index contributed by atoms with van der Waals surface area (Å²) in [7, 11) is -3.00. The zero-order valence-electron chi connectivity index (χ0n) is 8.70. The second-order valence-electron chi connectivity index (χ2n) is 3.25. The van der Waals surface area contributed by atoms with E-state index >= 15 is 0 Å². The van der Waals surface area contributed by atoms with E-state index in [1.165, 1.54) is 0 Å². The summed E-state index contributed by atoms with van der Waals surface area (Å²) in [6.07, 6.45) is -2.77. The zero-order valence-corrected chi connectivity index (χ0v) is 11.1. The summed E-state index contributed by atoms with van der Waals surface area (Å²) in [5, 5.41) is 0. The molecule has 0 saturated heterocycles. The maximum Gasteiger partial charge on any atom is 0.252 e. The highest BCUT2D eigenvalue weighted by atomic mass is 79.9. The van der Waals surface area contributed by atoms with Gasteiger partial charge < -0.3 is 0 Å². The van der Waals surface area contributed by atoms with E-state index in [1.54, 1.807) is 0 Å². The molecule has 0 aromatic heterocycles. The van der Waals surface area contributed by atoms with Crippen LogP contribution in [0.1, 0.15) is 0 Å². The van der Waals surface area contributed by atoms with Gasteiger partial charge in [-0.25, -0.2) is 21.6 Å². The number of rotatable bonds is 4. The molecule has 0 heterocycles. The molecule has 0 aliphatic heterocycles. The number of sulfonamides is 1. The van der Waals surface area contributed by atoms with Crippen LogP contribution in [0.3, 0.4) is 0 Å². The van der Waals surface area contributed by atoms with E-state index in [4.69, 9.17) is 0 Å². The van der Waals surface area contributed by atoms with Crippen LogP contribution in [-0.4, -0.2) is 32.7 Å². The minimum absolute atomic E-state index is 0.00128. The Kier molecular flexibility index (Phi) is 4.56. The van der Waals surface area contributed by atoms with Gasteiger partial charge in [0.25, 0.3) is 6.43 Å². The Labute approximate surface area is 105 Å². The molecule has 0 N–H and O–H groups in total. The molecule has 1 rings (SSSR count). The molecule has 3 nitrogen and oxygen atoms in total. The average molecular weight is 332 g/mol. The van der Waals surface area contributed by atoms with Crippen molar-refractivity contribution in [2.45, 2.75) is 11.3 Å². The third kappa shape index (κ3) is 3.43. The lowest BCUT2D eigenvalue weighted by Crippen LogP contribution is -2.31. The molecule has 0 bridgehead atoms. The van der Waals surface area contributed by atoms with Crippen molar-refractivity contribution in [3.8, 4) is 0 Å². The van der Waals surface area contributed by atoms with E-state index in [2.05, 4.69) is 15.9 Å². The van der Waals surface area contributed by atoms with Crippen molar-refractivity contribution < 1.29 is 21.6 Å². The first kappa shape index (κ1) is 14.5. The van der Waals surface area contributed by atoms with Gasteiger partial charge in [0.1, 0.15) is 5.82 Å². The Bertz CT molecular complexity index is 507. The first-order chi connectivity index (χ1) is 7.75. The predicted molar refractivity (Wildman–Crippen MR) is 59.9 cm³/mol. The maximum absolute atomic E-state index is 12.8. The predicted octanol–water partition coefficient (Wildman–Crippen LogP) is 2.47. The van der Waals surface area contributed by atoms with Gasteiger partial charge in [-0.1, -0.05) is 0 Å². The maximum atomic E-state index is 12.8. The highest BCUT2D eigenvalue weighted by Gasteiger charge is 2.25. The molecule has 0 aliphatic carbocycles.